The fraction of sp³-hybridized carbons (Fsp3) is 0. The van der Waals surface area contributed by atoms with Crippen LogP contribution in [0.2, 0.25) is 0 Å². The summed E-state index contributed by atoms with van der Waals surface area (Å²) in [6, 6.07) is 61.6. The lowest BCUT2D eigenvalue weighted by Gasteiger charge is -2.28. The van der Waals surface area contributed by atoms with Crippen LogP contribution in [0.1, 0.15) is 0 Å². The standard InChI is InChI=1S/C52H42B7NO/c53-44-41(51-42(45(54)47(44)56)43-46(55)48(57)49(58)50(59)52(43)61-51)34-23-27-36(28-24-34)60(40-16-7-6-14-39(40)32-9-2-1-3-10-32)35-25-21-30(22-26-35)29-17-19-33(20-18-29)38-15-8-12-31-11-4-5-13-37(31)38/h1-28H,53-59H2. The van der Waals surface area contributed by atoms with E-state index in [1.54, 1.807) is 0 Å². The third-order valence-electron chi connectivity index (χ3n) is 13.5. The lowest BCUT2D eigenvalue weighted by Crippen LogP contribution is -2.47. The van der Waals surface area contributed by atoms with Crippen LogP contribution in [0.15, 0.2) is 174 Å². The quantitative estimate of drug-likeness (QED) is 0.232. The summed E-state index contributed by atoms with van der Waals surface area (Å²) in [6.07, 6.45) is 0. The van der Waals surface area contributed by atoms with Gasteiger partial charge in [-0.1, -0.05) is 172 Å². The minimum Gasteiger partial charge on any atom is -0.456 e. The van der Waals surface area contributed by atoms with Crippen molar-refractivity contribution in [1.29, 1.82) is 0 Å². The zero-order chi connectivity index (χ0) is 41.9. The first kappa shape index (κ1) is 38.5. The zero-order valence-corrected chi connectivity index (χ0v) is 36.0. The average Bonchev–Trinajstić information content (AvgIpc) is 3.71. The molecule has 9 aromatic carbocycles. The molecule has 10 rings (SSSR count). The zero-order valence-electron chi connectivity index (χ0n) is 36.0. The molecule has 0 fully saturated rings. The Morgan fingerprint density at radius 1 is 0.328 bits per heavy atom. The molecule has 0 aliphatic heterocycles. The van der Waals surface area contributed by atoms with Crippen molar-refractivity contribution in [3.8, 4) is 44.5 Å². The van der Waals surface area contributed by atoms with Gasteiger partial charge in [-0.15, -0.1) is 5.46 Å². The Kier molecular flexibility index (Phi) is 9.72. The first-order valence-corrected chi connectivity index (χ1v) is 21.4. The molecule has 0 amide bonds. The molecule has 0 atom stereocenters. The number of fused-ring (bicyclic) bond motifs is 4. The van der Waals surface area contributed by atoms with E-state index in [1.165, 1.54) is 98.7 Å². The highest BCUT2D eigenvalue weighted by Gasteiger charge is 2.24. The minimum absolute atomic E-state index is 0.978. The summed E-state index contributed by atoms with van der Waals surface area (Å²) >= 11 is 0. The maximum Gasteiger partial charge on any atom is 0.143 e. The molecule has 0 spiro atoms. The van der Waals surface area contributed by atoms with Crippen LogP contribution in [0.5, 0.6) is 0 Å². The van der Waals surface area contributed by atoms with E-state index in [-0.39, 0.29) is 0 Å². The monoisotopic (exact) mass is 773 g/mol. The second-order valence-corrected chi connectivity index (χ2v) is 16.7. The molecule has 1 aromatic heterocycles. The van der Waals surface area contributed by atoms with Gasteiger partial charge in [0.2, 0.25) is 0 Å². The van der Waals surface area contributed by atoms with E-state index in [2.05, 4.69) is 230 Å². The Bertz CT molecular complexity index is 3300. The van der Waals surface area contributed by atoms with Gasteiger partial charge < -0.3 is 9.32 Å². The largest absolute Gasteiger partial charge is 0.456 e. The summed E-state index contributed by atoms with van der Waals surface area (Å²) in [5.74, 6) is 0. The van der Waals surface area contributed by atoms with E-state index >= 15 is 0 Å². The summed E-state index contributed by atoms with van der Waals surface area (Å²) in [6.45, 7) is 0. The molecule has 1 heterocycles. The summed E-state index contributed by atoms with van der Waals surface area (Å²) in [7, 11) is 15.7. The van der Waals surface area contributed by atoms with Crippen LogP contribution in [-0.4, -0.2) is 54.9 Å². The highest BCUT2D eigenvalue weighted by atomic mass is 16.3. The fourth-order valence-corrected chi connectivity index (χ4v) is 9.54. The molecule has 0 bridgehead atoms. The van der Waals surface area contributed by atoms with Crippen molar-refractivity contribution in [3.05, 3.63) is 170 Å². The van der Waals surface area contributed by atoms with Gasteiger partial charge in [0.25, 0.3) is 0 Å². The van der Waals surface area contributed by atoms with Crippen LogP contribution in [-0.2, 0) is 0 Å². The van der Waals surface area contributed by atoms with Gasteiger partial charge in [0.1, 0.15) is 66.1 Å². The van der Waals surface area contributed by atoms with E-state index in [9.17, 15) is 0 Å². The van der Waals surface area contributed by atoms with Crippen molar-refractivity contribution < 1.29 is 4.42 Å². The van der Waals surface area contributed by atoms with Gasteiger partial charge in [-0.2, -0.15) is 0 Å². The fourth-order valence-electron chi connectivity index (χ4n) is 9.54. The summed E-state index contributed by atoms with van der Waals surface area (Å²) in [5, 5.41) is 5.02. The average molecular weight is 773 g/mol. The number of rotatable bonds is 7. The van der Waals surface area contributed by atoms with E-state index in [1.807, 2.05) is 0 Å². The Labute approximate surface area is 364 Å². The molecule has 0 N–H and O–H groups in total. The molecule has 0 saturated carbocycles. The number of benzene rings is 9. The molecule has 10 aromatic rings. The third-order valence-corrected chi connectivity index (χ3v) is 13.5. The Morgan fingerprint density at radius 2 is 0.803 bits per heavy atom. The summed E-state index contributed by atoms with van der Waals surface area (Å²) < 4.78 is 6.97. The highest BCUT2D eigenvalue weighted by molar-refractivity contribution is 6.69. The number of anilines is 3. The first-order valence-electron chi connectivity index (χ1n) is 21.4. The normalized spacial score (nSPS) is 11.4. The summed E-state index contributed by atoms with van der Waals surface area (Å²) in [5.41, 5.74) is 23.8. The van der Waals surface area contributed by atoms with Crippen LogP contribution in [0.25, 0.3) is 77.2 Å². The number of furan rings is 1. The Hall–Kier alpha value is -6.71. The first-order chi connectivity index (χ1) is 29.7. The minimum atomic E-state index is 0.978. The molecule has 0 unspecified atom stereocenters. The predicted octanol–water partition coefficient (Wildman–Crippen LogP) is 2.69. The molecule has 9 heteroatoms. The number of hydrogen-bond donors (Lipinski definition) is 0. The van der Waals surface area contributed by atoms with E-state index in [4.69, 9.17) is 4.42 Å². The van der Waals surface area contributed by atoms with Crippen LogP contribution in [0.4, 0.5) is 17.1 Å². The smallest absolute Gasteiger partial charge is 0.143 e. The van der Waals surface area contributed by atoms with Gasteiger partial charge >= 0.3 is 0 Å². The summed E-state index contributed by atoms with van der Waals surface area (Å²) in [4.78, 5) is 2.39. The van der Waals surface area contributed by atoms with E-state index in [0.717, 1.165) is 33.8 Å². The molecular weight excluding hydrogens is 730 g/mol. The number of para-hydroxylation sites is 1. The second kappa shape index (κ2) is 15.4. The van der Waals surface area contributed by atoms with Gasteiger partial charge in [0.05, 0.1) is 5.69 Å². The highest BCUT2D eigenvalue weighted by Crippen LogP contribution is 2.42. The Balaban J connectivity index is 1.07. The van der Waals surface area contributed by atoms with Gasteiger partial charge in [-0.3, -0.25) is 0 Å². The molecular formula is C52H42B7NO. The van der Waals surface area contributed by atoms with Crippen LogP contribution >= 0.6 is 0 Å². The van der Waals surface area contributed by atoms with Gasteiger partial charge in [-0.05, 0) is 74.5 Å². The van der Waals surface area contributed by atoms with Crippen molar-refractivity contribution in [2.75, 3.05) is 4.90 Å². The van der Waals surface area contributed by atoms with Gasteiger partial charge in [-0.25, -0.2) is 0 Å². The third kappa shape index (κ3) is 6.46. The molecule has 0 aliphatic rings. The van der Waals surface area contributed by atoms with Crippen molar-refractivity contribution in [3.63, 3.8) is 0 Å². The second-order valence-electron chi connectivity index (χ2n) is 16.7. The van der Waals surface area contributed by atoms with E-state index < -0.39 is 0 Å². The topological polar surface area (TPSA) is 16.4 Å². The molecule has 61 heavy (non-hydrogen) atoms. The number of hydrogen-bond acceptors (Lipinski definition) is 2. The van der Waals surface area contributed by atoms with Crippen LogP contribution in [0, 0.1) is 0 Å². The SMILES string of the molecule is Bc1c(B)c(B)c2c(oc3c(-c4ccc(N(c5ccc(-c6ccc(-c7cccc8ccccc78)cc6)cc5)c5ccccc5-c5ccccc5)cc4)c(B)c(B)c(B)c32)c1B. The van der Waals surface area contributed by atoms with Crippen LogP contribution < -0.4 is 43.1 Å². The van der Waals surface area contributed by atoms with Crippen molar-refractivity contribution >= 4 is 143 Å². The number of nitrogens with zero attached hydrogens (tertiary/aromatic N) is 1. The molecule has 0 radical (unpaired) electrons. The van der Waals surface area contributed by atoms with Crippen LogP contribution in [0.3, 0.4) is 0 Å². The van der Waals surface area contributed by atoms with Gasteiger partial charge in [0.15, 0.2) is 0 Å². The van der Waals surface area contributed by atoms with Crippen molar-refractivity contribution in [2.45, 2.75) is 0 Å². The van der Waals surface area contributed by atoms with E-state index in [0.29, 0.717) is 0 Å². The van der Waals surface area contributed by atoms with Crippen molar-refractivity contribution in [1.82, 2.24) is 0 Å². The molecule has 0 saturated heterocycles. The lowest BCUT2D eigenvalue weighted by molar-refractivity contribution is 0.673. The maximum absolute atomic E-state index is 6.97. The van der Waals surface area contributed by atoms with Gasteiger partial charge in [0, 0.05) is 33.3 Å². The Morgan fingerprint density at radius 3 is 1.49 bits per heavy atom. The van der Waals surface area contributed by atoms with Crippen molar-refractivity contribution in [2.24, 2.45) is 0 Å². The predicted molar refractivity (Wildman–Crippen MR) is 285 cm³/mol. The molecule has 0 aliphatic carbocycles. The molecule has 282 valence electrons. The maximum atomic E-state index is 6.97. The molecule has 2 nitrogen and oxygen atoms in total. The lowest BCUT2D eigenvalue weighted by atomic mass is 9.64.